The van der Waals surface area contributed by atoms with Gasteiger partial charge in [0.2, 0.25) is 0 Å². The molecule has 0 radical (unpaired) electrons. The standard InChI is InChI=1S/C19H24FN3O5/c1-22(9-10-24)13-5-7-23(8-6-13)18-16(19(25)26)17(28-21-18)12-3-4-14(20)15(11-12)27-2/h3-4,11,13,24H,5-10H2,1-2H3,(H,25,26). The minimum atomic E-state index is -1.16. The lowest BCUT2D eigenvalue weighted by Crippen LogP contribution is -2.44. The molecule has 3 rings (SSSR count). The summed E-state index contributed by atoms with van der Waals surface area (Å²) < 4.78 is 24.0. The fraction of sp³-hybridized carbons (Fsp3) is 0.474. The molecule has 2 N–H and O–H groups in total. The highest BCUT2D eigenvalue weighted by molar-refractivity contribution is 5.99. The molecular formula is C19H24FN3O5. The zero-order valence-corrected chi connectivity index (χ0v) is 15.9. The molecule has 0 unspecified atom stereocenters. The first-order chi connectivity index (χ1) is 13.5. The van der Waals surface area contributed by atoms with Crippen LogP contribution < -0.4 is 9.64 Å². The largest absolute Gasteiger partial charge is 0.494 e. The van der Waals surface area contributed by atoms with Crippen molar-refractivity contribution in [2.24, 2.45) is 0 Å². The second-order valence-electron chi connectivity index (χ2n) is 6.79. The molecule has 28 heavy (non-hydrogen) atoms. The first kappa shape index (κ1) is 20.1. The van der Waals surface area contributed by atoms with Gasteiger partial charge >= 0.3 is 5.97 Å². The Morgan fingerprint density at radius 2 is 2.14 bits per heavy atom. The van der Waals surface area contributed by atoms with Gasteiger partial charge in [0, 0.05) is 31.2 Å². The zero-order valence-electron chi connectivity index (χ0n) is 15.9. The van der Waals surface area contributed by atoms with Gasteiger partial charge in [-0.1, -0.05) is 5.16 Å². The number of ether oxygens (including phenoxy) is 1. The number of aromatic carboxylic acids is 1. The first-order valence-corrected chi connectivity index (χ1v) is 9.09. The molecular weight excluding hydrogens is 369 g/mol. The van der Waals surface area contributed by atoms with E-state index < -0.39 is 11.8 Å². The normalized spacial score (nSPS) is 15.2. The van der Waals surface area contributed by atoms with Crippen LogP contribution in [0.5, 0.6) is 5.75 Å². The van der Waals surface area contributed by atoms with Crippen LogP contribution in [0.4, 0.5) is 10.2 Å². The molecule has 0 bridgehead atoms. The summed E-state index contributed by atoms with van der Waals surface area (Å²) >= 11 is 0. The van der Waals surface area contributed by atoms with Crippen LogP contribution >= 0.6 is 0 Å². The van der Waals surface area contributed by atoms with Crippen LogP contribution in [-0.2, 0) is 0 Å². The molecule has 2 aromatic rings. The second kappa shape index (κ2) is 8.57. The van der Waals surface area contributed by atoms with Crippen LogP contribution in [0, 0.1) is 5.82 Å². The number of hydrogen-bond acceptors (Lipinski definition) is 7. The predicted octanol–water partition coefficient (Wildman–Crippen LogP) is 2.08. The van der Waals surface area contributed by atoms with Gasteiger partial charge in [-0.3, -0.25) is 0 Å². The molecule has 0 atom stereocenters. The van der Waals surface area contributed by atoms with Crippen LogP contribution in [0.3, 0.4) is 0 Å². The summed E-state index contributed by atoms with van der Waals surface area (Å²) in [6.07, 6.45) is 1.64. The van der Waals surface area contributed by atoms with Gasteiger partial charge in [0.15, 0.2) is 28.7 Å². The van der Waals surface area contributed by atoms with Crippen molar-refractivity contribution in [3.8, 4) is 17.1 Å². The summed E-state index contributed by atoms with van der Waals surface area (Å²) in [5.41, 5.74) is 0.336. The van der Waals surface area contributed by atoms with Crippen molar-refractivity contribution < 1.29 is 28.7 Å². The Morgan fingerprint density at radius 3 is 2.75 bits per heavy atom. The number of hydrogen-bond donors (Lipinski definition) is 2. The third kappa shape index (κ3) is 3.95. The van der Waals surface area contributed by atoms with Crippen molar-refractivity contribution in [3.63, 3.8) is 0 Å². The lowest BCUT2D eigenvalue weighted by Gasteiger charge is -2.36. The number of aromatic nitrogens is 1. The molecule has 8 nitrogen and oxygen atoms in total. The lowest BCUT2D eigenvalue weighted by molar-refractivity contribution is 0.0697. The Morgan fingerprint density at radius 1 is 1.43 bits per heavy atom. The van der Waals surface area contributed by atoms with Gasteiger partial charge in [-0.05, 0) is 38.1 Å². The number of aliphatic hydroxyl groups excluding tert-OH is 1. The number of likely N-dealkylation sites (N-methyl/N-ethyl adjacent to an activating group) is 1. The average Bonchev–Trinajstić information content (AvgIpc) is 3.14. The van der Waals surface area contributed by atoms with Crippen molar-refractivity contribution in [3.05, 3.63) is 29.6 Å². The van der Waals surface area contributed by atoms with Gasteiger partial charge in [0.05, 0.1) is 13.7 Å². The number of carboxylic acid groups (broad SMARTS) is 1. The van der Waals surface area contributed by atoms with E-state index in [1.165, 1.54) is 25.3 Å². The number of benzene rings is 1. The van der Waals surface area contributed by atoms with Gasteiger partial charge in [0.1, 0.15) is 0 Å². The Bertz CT molecular complexity index is 833. The van der Waals surface area contributed by atoms with E-state index in [0.717, 1.165) is 12.8 Å². The Kier molecular flexibility index (Phi) is 6.15. The van der Waals surface area contributed by atoms with Crippen LogP contribution in [0.15, 0.2) is 22.7 Å². The van der Waals surface area contributed by atoms with Crippen LogP contribution in [0.1, 0.15) is 23.2 Å². The maximum Gasteiger partial charge on any atom is 0.343 e. The minimum absolute atomic E-state index is 0.000441. The SMILES string of the molecule is COc1cc(-c2onc(N3CCC(N(C)CCO)CC3)c2C(=O)O)ccc1F. The molecule has 0 amide bonds. The lowest BCUT2D eigenvalue weighted by atomic mass is 10.0. The number of nitrogens with zero attached hydrogens (tertiary/aromatic N) is 3. The van der Waals surface area contributed by atoms with E-state index in [0.29, 0.717) is 31.2 Å². The average molecular weight is 393 g/mol. The van der Waals surface area contributed by atoms with E-state index in [1.807, 2.05) is 11.9 Å². The van der Waals surface area contributed by atoms with E-state index in [1.54, 1.807) is 0 Å². The van der Waals surface area contributed by atoms with E-state index >= 15 is 0 Å². The van der Waals surface area contributed by atoms with E-state index in [9.17, 15) is 14.3 Å². The van der Waals surface area contributed by atoms with Crippen LogP contribution in [0.2, 0.25) is 0 Å². The summed E-state index contributed by atoms with van der Waals surface area (Å²) in [4.78, 5) is 15.9. The van der Waals surface area contributed by atoms with E-state index in [-0.39, 0.29) is 29.5 Å². The molecule has 1 aliphatic rings. The molecule has 1 fully saturated rings. The molecule has 152 valence electrons. The number of carbonyl (C=O) groups is 1. The highest BCUT2D eigenvalue weighted by Gasteiger charge is 2.31. The molecule has 9 heteroatoms. The Balaban J connectivity index is 1.85. The van der Waals surface area contributed by atoms with E-state index in [2.05, 4.69) is 10.1 Å². The zero-order chi connectivity index (χ0) is 20.3. The van der Waals surface area contributed by atoms with Gasteiger partial charge in [-0.2, -0.15) is 0 Å². The Hall–Kier alpha value is -2.65. The number of methoxy groups -OCH3 is 1. The maximum atomic E-state index is 13.7. The number of carboxylic acids is 1. The second-order valence-corrected chi connectivity index (χ2v) is 6.79. The van der Waals surface area contributed by atoms with Gasteiger partial charge in [-0.15, -0.1) is 0 Å². The summed E-state index contributed by atoms with van der Waals surface area (Å²) in [7, 11) is 3.30. The molecule has 1 saturated heterocycles. The first-order valence-electron chi connectivity index (χ1n) is 9.09. The smallest absolute Gasteiger partial charge is 0.343 e. The number of halogens is 1. The van der Waals surface area contributed by atoms with Crippen molar-refractivity contribution >= 4 is 11.8 Å². The third-order valence-corrected chi connectivity index (χ3v) is 5.14. The molecule has 1 aromatic heterocycles. The van der Waals surface area contributed by atoms with Gasteiger partial charge in [-0.25, -0.2) is 9.18 Å². The Labute approximate surface area is 162 Å². The monoisotopic (exact) mass is 393 g/mol. The number of piperidine rings is 1. The maximum absolute atomic E-state index is 13.7. The molecule has 0 saturated carbocycles. The molecule has 0 spiro atoms. The van der Waals surface area contributed by atoms with Crippen molar-refractivity contribution in [1.82, 2.24) is 10.1 Å². The van der Waals surface area contributed by atoms with Crippen molar-refractivity contribution in [1.29, 1.82) is 0 Å². The topological polar surface area (TPSA) is 99.3 Å². The highest BCUT2D eigenvalue weighted by Crippen LogP contribution is 2.35. The van der Waals surface area contributed by atoms with Crippen LogP contribution in [-0.4, -0.2) is 72.7 Å². The number of rotatable bonds is 7. The third-order valence-electron chi connectivity index (χ3n) is 5.14. The predicted molar refractivity (Wildman–Crippen MR) is 100 cm³/mol. The summed E-state index contributed by atoms with van der Waals surface area (Å²) in [5.74, 6) is -1.36. The van der Waals surface area contributed by atoms with Crippen molar-refractivity contribution in [2.45, 2.75) is 18.9 Å². The number of anilines is 1. The minimum Gasteiger partial charge on any atom is -0.494 e. The fourth-order valence-electron chi connectivity index (χ4n) is 3.55. The van der Waals surface area contributed by atoms with Gasteiger partial charge in [0.25, 0.3) is 0 Å². The summed E-state index contributed by atoms with van der Waals surface area (Å²) in [6, 6.07) is 4.35. The molecule has 0 aliphatic carbocycles. The molecule has 1 aliphatic heterocycles. The van der Waals surface area contributed by atoms with Crippen molar-refractivity contribution in [2.75, 3.05) is 45.3 Å². The summed E-state index contributed by atoms with van der Waals surface area (Å²) in [6.45, 7) is 1.96. The number of aliphatic hydroxyl groups is 1. The quantitative estimate of drug-likeness (QED) is 0.738. The highest BCUT2D eigenvalue weighted by atomic mass is 19.1. The van der Waals surface area contributed by atoms with Gasteiger partial charge < -0.3 is 29.3 Å². The summed E-state index contributed by atoms with van der Waals surface area (Å²) in [5, 5.41) is 22.8. The van der Waals surface area contributed by atoms with E-state index in [4.69, 9.17) is 14.4 Å². The van der Waals surface area contributed by atoms with Crippen LogP contribution in [0.25, 0.3) is 11.3 Å². The fourth-order valence-corrected chi connectivity index (χ4v) is 3.55. The molecule has 1 aromatic carbocycles. The molecule has 2 heterocycles.